The van der Waals surface area contributed by atoms with Gasteiger partial charge in [0.2, 0.25) is 23.6 Å². The Kier molecular flexibility index (Phi) is 22.7. The monoisotopic (exact) mass is 1130 g/mol. The highest BCUT2D eigenvalue weighted by Gasteiger charge is 2.52. The molecule has 3 heterocycles. The Bertz CT molecular complexity index is 3230. The van der Waals surface area contributed by atoms with Crippen LogP contribution in [0.25, 0.3) is 45.8 Å². The number of aromatic nitrogens is 4. The van der Waals surface area contributed by atoms with Gasteiger partial charge in [-0.3, -0.25) is 14.5 Å². The Balaban J connectivity index is 0.000000269. The van der Waals surface area contributed by atoms with E-state index in [1.807, 2.05) is 72.8 Å². The number of benzene rings is 6. The van der Waals surface area contributed by atoms with E-state index < -0.39 is 0 Å². The van der Waals surface area contributed by atoms with Crippen LogP contribution in [-0.2, 0) is 65.9 Å². The molecule has 3 aliphatic rings. The molecule has 2 aromatic heterocycles. The Morgan fingerprint density at radius 3 is 1.47 bits per heavy atom. The predicted molar refractivity (Wildman–Crippen MR) is 324 cm³/mol. The van der Waals surface area contributed by atoms with Gasteiger partial charge < -0.3 is 29.1 Å². The summed E-state index contributed by atoms with van der Waals surface area (Å²) in [4.78, 5) is 25.3. The van der Waals surface area contributed by atoms with Gasteiger partial charge in [0.15, 0.2) is 0 Å². The third-order valence-corrected chi connectivity index (χ3v) is 14.8. The van der Waals surface area contributed by atoms with Crippen LogP contribution >= 0.6 is 39.4 Å². The van der Waals surface area contributed by atoms with Gasteiger partial charge in [-0.05, 0) is 159 Å². The molecule has 418 valence electrons. The summed E-state index contributed by atoms with van der Waals surface area (Å²) in [5.74, 6) is 2.17. The molecule has 1 spiro atoms. The number of aryl methyl sites for hydroxylation is 2. The number of ketones is 2. The number of carbonyl (C=O) groups excluding carboxylic acids is 2. The number of aliphatic hydroxyl groups is 2. The van der Waals surface area contributed by atoms with E-state index in [4.69, 9.17) is 18.7 Å². The number of rotatable bonds is 14. The third-order valence-electron chi connectivity index (χ3n) is 14.8. The van der Waals surface area contributed by atoms with Gasteiger partial charge in [-0.25, -0.2) is 0 Å². The van der Waals surface area contributed by atoms with Gasteiger partial charge in [0.1, 0.15) is 17.3 Å². The lowest BCUT2D eigenvalue weighted by atomic mass is 9.76. The second-order valence-electron chi connectivity index (χ2n) is 20.6. The molecule has 11 rings (SSSR count). The van der Waals surface area contributed by atoms with Gasteiger partial charge in [0, 0.05) is 60.8 Å². The number of halogens is 1. The predicted octanol–water partition coefficient (Wildman–Crippen LogP) is 11.5. The standard InChI is InChI=1S/C32H33N3O3.C29H29N3O3.CH4O.CH4.ClH.2H2S/c1-22(36)17-23-9-11-26(12-10-23)29-33-34-30(38-29)27-14-13-25-15-16-32(19-28(25)18-27)21-37-31(2,3)35(32)20-24-7-5-4-6-8-24;1-20(34)15-21-7-9-24(10-8-21)27-31-32-28(35-27)25-12-11-23-13-14-29(19-33,17-26(23)16-25)30-18-22-5-3-2-4-6-22;1-2;;;;/h4-14,18H,15-17,19-21H2,1-3H3;2-12,16,30,33H,13-15,17-19H2,1H3;2H,1H3;1H4;1H;2*1H2/t32-;29-;;;;;/m00...../s1. The number of nitrogens with zero attached hydrogens (tertiary/aromatic N) is 5. The SMILES string of the molecule is C.CC(=O)Cc1ccc(-c2nnc(-c3ccc4c(c3)C[C@@](CO)(NCc3ccccc3)CC4)o2)cc1.CC(=O)Cc1ccc(-c2nnc(-c3ccc4c(c3)C[C@@]3(CC4)COC(C)(C)N3Cc3ccccc3)o2)cc1.CO.Cl.S.S. The van der Waals surface area contributed by atoms with Gasteiger partial charge in [0.05, 0.1) is 18.8 Å². The summed E-state index contributed by atoms with van der Waals surface area (Å²) in [6.07, 6.45) is 6.37. The largest absolute Gasteiger partial charge is 0.416 e. The Hall–Kier alpha value is -6.27. The highest BCUT2D eigenvalue weighted by Crippen LogP contribution is 2.45. The van der Waals surface area contributed by atoms with Crippen LogP contribution in [0.5, 0.6) is 0 Å². The summed E-state index contributed by atoms with van der Waals surface area (Å²) in [5, 5.41) is 38.1. The van der Waals surface area contributed by atoms with E-state index in [2.05, 4.69) is 117 Å². The fraction of sp³-hybridized carbons (Fsp3) is 0.333. The van der Waals surface area contributed by atoms with E-state index >= 15 is 0 Å². The van der Waals surface area contributed by atoms with Crippen LogP contribution in [-0.4, -0.2) is 84.2 Å². The minimum atomic E-state index is -0.358. The maximum absolute atomic E-state index is 11.4. The summed E-state index contributed by atoms with van der Waals surface area (Å²) >= 11 is 0. The van der Waals surface area contributed by atoms with Crippen molar-refractivity contribution in [2.75, 3.05) is 20.3 Å². The molecule has 0 bridgehead atoms. The van der Waals surface area contributed by atoms with Crippen LogP contribution in [0.2, 0.25) is 0 Å². The molecule has 1 fully saturated rings. The molecule has 1 aliphatic heterocycles. The van der Waals surface area contributed by atoms with Crippen molar-refractivity contribution in [3.8, 4) is 45.8 Å². The van der Waals surface area contributed by atoms with Crippen molar-refractivity contribution in [3.63, 3.8) is 0 Å². The number of Topliss-reactive ketones (excluding diaryl/α,β-unsaturated/α-hetero) is 2. The van der Waals surface area contributed by atoms with Gasteiger partial charge in [-0.15, -0.1) is 32.8 Å². The summed E-state index contributed by atoms with van der Waals surface area (Å²) in [5.41, 5.74) is 12.4. The van der Waals surface area contributed by atoms with Crippen LogP contribution in [0.3, 0.4) is 0 Å². The first-order valence-corrected chi connectivity index (χ1v) is 25.7. The van der Waals surface area contributed by atoms with Crippen molar-refractivity contribution in [3.05, 3.63) is 190 Å². The Labute approximate surface area is 485 Å². The van der Waals surface area contributed by atoms with Crippen molar-refractivity contribution in [2.24, 2.45) is 0 Å². The summed E-state index contributed by atoms with van der Waals surface area (Å²) in [6, 6.07) is 49.0. The number of hydrogen-bond donors (Lipinski definition) is 3. The maximum atomic E-state index is 11.4. The third kappa shape index (κ3) is 15.1. The molecule has 13 nitrogen and oxygen atoms in total. The van der Waals surface area contributed by atoms with Gasteiger partial charge in [-0.1, -0.05) is 104 Å². The summed E-state index contributed by atoms with van der Waals surface area (Å²) in [7, 11) is 1.00. The highest BCUT2D eigenvalue weighted by molar-refractivity contribution is 7.59. The molecule has 0 saturated carbocycles. The minimum absolute atomic E-state index is 0. The lowest BCUT2D eigenvalue weighted by Gasteiger charge is -2.45. The number of nitrogens with one attached hydrogen (secondary N) is 1. The Morgan fingerprint density at radius 1 is 0.570 bits per heavy atom. The lowest BCUT2D eigenvalue weighted by Crippen LogP contribution is -2.54. The van der Waals surface area contributed by atoms with Crippen LogP contribution in [0.4, 0.5) is 0 Å². The molecule has 2 atom stereocenters. The minimum Gasteiger partial charge on any atom is -0.416 e. The molecule has 2 aliphatic carbocycles. The molecular formula is C63H75ClN6O7S2. The van der Waals surface area contributed by atoms with E-state index in [1.54, 1.807) is 13.8 Å². The van der Waals surface area contributed by atoms with E-state index in [0.29, 0.717) is 42.9 Å². The molecule has 16 heteroatoms. The fourth-order valence-electron chi connectivity index (χ4n) is 10.7. The van der Waals surface area contributed by atoms with Gasteiger partial charge in [0.25, 0.3) is 0 Å². The quantitative estimate of drug-likeness (QED) is 0.0938. The average molecular weight is 1130 g/mol. The molecule has 8 aromatic rings. The first kappa shape index (κ1) is 63.6. The van der Waals surface area contributed by atoms with Crippen LogP contribution < -0.4 is 5.32 Å². The number of ether oxygens (including phenoxy) is 1. The van der Waals surface area contributed by atoms with Crippen LogP contribution in [0.15, 0.2) is 154 Å². The van der Waals surface area contributed by atoms with Gasteiger partial charge >= 0.3 is 0 Å². The number of hydrogen-bond acceptors (Lipinski definition) is 13. The van der Waals surface area contributed by atoms with Crippen molar-refractivity contribution in [2.45, 2.75) is 116 Å². The molecule has 79 heavy (non-hydrogen) atoms. The maximum Gasteiger partial charge on any atom is 0.248 e. The van der Waals surface area contributed by atoms with E-state index in [-0.39, 0.29) is 81.8 Å². The second-order valence-corrected chi connectivity index (χ2v) is 20.6. The summed E-state index contributed by atoms with van der Waals surface area (Å²) < 4.78 is 18.5. The molecule has 3 N–H and O–H groups in total. The molecule has 1 saturated heterocycles. The van der Waals surface area contributed by atoms with E-state index in [0.717, 1.165) is 92.2 Å². The molecule has 0 amide bonds. The normalized spacial score (nSPS) is 17.6. The zero-order valence-corrected chi connectivity index (χ0v) is 47.7. The first-order valence-electron chi connectivity index (χ1n) is 25.7. The van der Waals surface area contributed by atoms with Crippen molar-refractivity contribution >= 4 is 51.0 Å². The van der Waals surface area contributed by atoms with Crippen LogP contribution in [0.1, 0.15) is 92.5 Å². The molecular weight excluding hydrogens is 1050 g/mol. The topological polar surface area (TPSA) is 177 Å². The van der Waals surface area contributed by atoms with Crippen molar-refractivity contribution in [1.29, 1.82) is 0 Å². The highest BCUT2D eigenvalue weighted by atomic mass is 35.5. The molecule has 0 unspecified atom stereocenters. The molecule has 6 aromatic carbocycles. The van der Waals surface area contributed by atoms with Crippen molar-refractivity contribution in [1.82, 2.24) is 30.6 Å². The number of carbonyl (C=O) groups is 2. The molecule has 0 radical (unpaired) electrons. The van der Waals surface area contributed by atoms with Crippen LogP contribution in [0, 0.1) is 0 Å². The zero-order valence-electron chi connectivity index (χ0n) is 44.9. The van der Waals surface area contributed by atoms with Gasteiger partial charge in [-0.2, -0.15) is 27.0 Å². The first-order chi connectivity index (χ1) is 36.3. The van der Waals surface area contributed by atoms with Crippen molar-refractivity contribution < 1.29 is 33.4 Å². The number of fused-ring (bicyclic) bond motifs is 2. The smallest absolute Gasteiger partial charge is 0.248 e. The second kappa shape index (κ2) is 28.2. The fourth-order valence-corrected chi connectivity index (χ4v) is 10.7. The van der Waals surface area contributed by atoms with E-state index in [9.17, 15) is 14.7 Å². The summed E-state index contributed by atoms with van der Waals surface area (Å²) in [6.45, 7) is 9.93. The average Bonchev–Trinajstić information content (AvgIpc) is 4.42. The van der Waals surface area contributed by atoms with E-state index in [1.165, 1.54) is 33.4 Å². The zero-order chi connectivity index (χ0) is 52.6. The number of aliphatic hydroxyl groups excluding tert-OH is 2. The lowest BCUT2D eigenvalue weighted by molar-refractivity contribution is -0.117. The Morgan fingerprint density at radius 2 is 1.00 bits per heavy atom.